The molecule has 2 aliphatic heterocycles. The Bertz CT molecular complexity index is 666. The number of carbonyl (C=O) groups is 1. The van der Waals surface area contributed by atoms with E-state index in [-0.39, 0.29) is 11.7 Å². The fourth-order valence-corrected chi connectivity index (χ4v) is 2.52. The Kier molecular flexibility index (Phi) is 3.81. The molecule has 6 nitrogen and oxygen atoms in total. The molecule has 0 saturated carbocycles. The second-order valence-electron chi connectivity index (χ2n) is 5.28. The molecule has 0 radical (unpaired) electrons. The third-order valence-corrected chi connectivity index (χ3v) is 3.72. The molecule has 116 valence electrons. The van der Waals surface area contributed by atoms with Crippen LogP contribution >= 0.6 is 0 Å². The number of guanidine groups is 1. The summed E-state index contributed by atoms with van der Waals surface area (Å²) >= 11 is 0. The predicted molar refractivity (Wildman–Crippen MR) is 80.2 cm³/mol. The normalized spacial score (nSPS) is 20.7. The zero-order valence-corrected chi connectivity index (χ0v) is 12.2. The standard InChI is InChI=1S/C15H17FN4O2/c1-19-12(8-10-4-5-11(16)9-13(10)21)14(22)18-15(19)20-7-3-2-6-17-20/h4-5,8-9,17,21H,2-3,6-7H2,1H3/b12-8-. The summed E-state index contributed by atoms with van der Waals surface area (Å²) in [5.74, 6) is -0.579. The maximum atomic E-state index is 13.0. The van der Waals surface area contributed by atoms with Crippen LogP contribution in [0.5, 0.6) is 5.75 Å². The second-order valence-corrected chi connectivity index (χ2v) is 5.28. The minimum Gasteiger partial charge on any atom is -0.507 e. The van der Waals surface area contributed by atoms with E-state index in [0.29, 0.717) is 17.2 Å². The fraction of sp³-hybridized carbons (Fsp3) is 0.333. The van der Waals surface area contributed by atoms with Gasteiger partial charge in [0.05, 0.1) is 0 Å². The van der Waals surface area contributed by atoms with E-state index >= 15 is 0 Å². The second kappa shape index (κ2) is 5.76. The lowest BCUT2D eigenvalue weighted by Gasteiger charge is -2.32. The van der Waals surface area contributed by atoms with Crippen molar-refractivity contribution in [1.29, 1.82) is 0 Å². The van der Waals surface area contributed by atoms with Gasteiger partial charge < -0.3 is 10.0 Å². The Morgan fingerprint density at radius 2 is 2.23 bits per heavy atom. The molecule has 2 heterocycles. The molecule has 3 rings (SSSR count). The van der Waals surface area contributed by atoms with E-state index in [2.05, 4.69) is 10.4 Å². The molecule has 7 heteroatoms. The van der Waals surface area contributed by atoms with Crippen LogP contribution in [0.2, 0.25) is 0 Å². The Morgan fingerprint density at radius 1 is 1.41 bits per heavy atom. The Labute approximate surface area is 127 Å². The van der Waals surface area contributed by atoms with Crippen LogP contribution in [0.1, 0.15) is 18.4 Å². The summed E-state index contributed by atoms with van der Waals surface area (Å²) in [6.45, 7) is 1.63. The number of hydrogen-bond donors (Lipinski definition) is 2. The van der Waals surface area contributed by atoms with E-state index in [0.717, 1.165) is 32.0 Å². The molecule has 1 fully saturated rings. The lowest BCUT2D eigenvalue weighted by Crippen LogP contribution is -2.51. The third kappa shape index (κ3) is 2.67. The maximum absolute atomic E-state index is 13.0. The summed E-state index contributed by atoms with van der Waals surface area (Å²) in [4.78, 5) is 17.8. The van der Waals surface area contributed by atoms with Crippen molar-refractivity contribution >= 4 is 17.9 Å². The number of hydrazine groups is 1. The zero-order chi connectivity index (χ0) is 15.7. The van der Waals surface area contributed by atoms with Crippen molar-refractivity contribution in [2.45, 2.75) is 12.8 Å². The van der Waals surface area contributed by atoms with Gasteiger partial charge in [-0.05, 0) is 31.1 Å². The average Bonchev–Trinajstić information content (AvgIpc) is 2.79. The number of nitrogens with zero attached hydrogens (tertiary/aromatic N) is 3. The molecule has 0 bridgehead atoms. The lowest BCUT2D eigenvalue weighted by molar-refractivity contribution is -0.114. The number of nitrogens with one attached hydrogen (secondary N) is 1. The van der Waals surface area contributed by atoms with E-state index in [9.17, 15) is 14.3 Å². The van der Waals surface area contributed by atoms with Crippen LogP contribution in [-0.2, 0) is 4.79 Å². The SMILES string of the molecule is CN1C(N2CCCCN2)=NC(=O)/C1=C/c1ccc(F)cc1O. The molecular formula is C15H17FN4O2. The van der Waals surface area contributed by atoms with Crippen molar-refractivity contribution in [2.75, 3.05) is 20.1 Å². The number of likely N-dealkylation sites (N-methyl/N-ethyl adjacent to an activating group) is 1. The molecule has 0 unspecified atom stereocenters. The van der Waals surface area contributed by atoms with Crippen molar-refractivity contribution in [1.82, 2.24) is 15.3 Å². The lowest BCUT2D eigenvalue weighted by atomic mass is 10.1. The number of aromatic hydroxyl groups is 1. The minimum atomic E-state index is -0.528. The first-order valence-electron chi connectivity index (χ1n) is 7.14. The van der Waals surface area contributed by atoms with Gasteiger partial charge in [-0.2, -0.15) is 4.99 Å². The van der Waals surface area contributed by atoms with Gasteiger partial charge in [0.1, 0.15) is 17.3 Å². The maximum Gasteiger partial charge on any atom is 0.296 e. The van der Waals surface area contributed by atoms with Crippen LogP contribution < -0.4 is 5.43 Å². The Hall–Kier alpha value is -2.41. The van der Waals surface area contributed by atoms with E-state index < -0.39 is 5.82 Å². The number of phenols is 1. The Morgan fingerprint density at radius 3 is 2.91 bits per heavy atom. The molecule has 0 aliphatic carbocycles. The number of benzene rings is 1. The molecule has 0 aromatic heterocycles. The molecule has 1 aromatic carbocycles. The van der Waals surface area contributed by atoms with Gasteiger partial charge in [0, 0.05) is 31.8 Å². The molecule has 0 spiro atoms. The highest BCUT2D eigenvalue weighted by molar-refractivity contribution is 6.12. The highest BCUT2D eigenvalue weighted by Gasteiger charge is 2.31. The highest BCUT2D eigenvalue weighted by atomic mass is 19.1. The van der Waals surface area contributed by atoms with Crippen molar-refractivity contribution in [3.63, 3.8) is 0 Å². The van der Waals surface area contributed by atoms with Gasteiger partial charge in [-0.3, -0.25) is 9.80 Å². The van der Waals surface area contributed by atoms with Crippen LogP contribution in [-0.4, -0.2) is 47.0 Å². The van der Waals surface area contributed by atoms with Gasteiger partial charge >= 0.3 is 0 Å². The van der Waals surface area contributed by atoms with Crippen molar-refractivity contribution in [3.8, 4) is 5.75 Å². The third-order valence-electron chi connectivity index (χ3n) is 3.72. The van der Waals surface area contributed by atoms with Crippen LogP contribution in [0.25, 0.3) is 6.08 Å². The zero-order valence-electron chi connectivity index (χ0n) is 12.2. The van der Waals surface area contributed by atoms with Gasteiger partial charge in [-0.25, -0.2) is 9.82 Å². The van der Waals surface area contributed by atoms with Gasteiger partial charge in [0.25, 0.3) is 5.91 Å². The van der Waals surface area contributed by atoms with Crippen LogP contribution in [0, 0.1) is 5.82 Å². The first kappa shape index (κ1) is 14.5. The number of halogens is 1. The molecule has 1 saturated heterocycles. The van der Waals surface area contributed by atoms with Gasteiger partial charge in [0.2, 0.25) is 5.96 Å². The van der Waals surface area contributed by atoms with Crippen molar-refractivity contribution < 1.29 is 14.3 Å². The molecular weight excluding hydrogens is 287 g/mol. The molecule has 1 amide bonds. The van der Waals surface area contributed by atoms with Crippen LogP contribution in [0.15, 0.2) is 28.9 Å². The largest absolute Gasteiger partial charge is 0.507 e. The summed E-state index contributed by atoms with van der Waals surface area (Å²) in [6.07, 6.45) is 3.64. The first-order valence-corrected chi connectivity index (χ1v) is 7.14. The average molecular weight is 304 g/mol. The van der Waals surface area contributed by atoms with E-state index in [4.69, 9.17) is 0 Å². The summed E-state index contributed by atoms with van der Waals surface area (Å²) < 4.78 is 13.0. The molecule has 2 aliphatic rings. The fourth-order valence-electron chi connectivity index (χ4n) is 2.52. The number of aliphatic imine (C=N–C) groups is 1. The summed E-state index contributed by atoms with van der Waals surface area (Å²) in [5, 5.41) is 11.6. The summed E-state index contributed by atoms with van der Waals surface area (Å²) in [6, 6.07) is 3.68. The summed E-state index contributed by atoms with van der Waals surface area (Å²) in [5.41, 5.74) is 3.91. The van der Waals surface area contributed by atoms with Crippen molar-refractivity contribution in [2.24, 2.45) is 4.99 Å². The smallest absolute Gasteiger partial charge is 0.296 e. The molecule has 0 atom stereocenters. The predicted octanol–water partition coefficient (Wildman–Crippen LogP) is 1.30. The van der Waals surface area contributed by atoms with Gasteiger partial charge in [-0.1, -0.05) is 0 Å². The van der Waals surface area contributed by atoms with E-state index in [1.54, 1.807) is 11.9 Å². The molecule has 1 aromatic rings. The highest BCUT2D eigenvalue weighted by Crippen LogP contribution is 2.25. The first-order chi connectivity index (χ1) is 10.6. The number of carbonyl (C=O) groups excluding carboxylic acids is 1. The Balaban J connectivity index is 1.86. The number of phenolic OH excluding ortho intramolecular Hbond substituents is 1. The number of hydrogen-bond acceptors (Lipinski definition) is 5. The van der Waals surface area contributed by atoms with Crippen molar-refractivity contribution in [3.05, 3.63) is 35.3 Å². The molecule has 2 N–H and O–H groups in total. The van der Waals surface area contributed by atoms with Crippen LogP contribution in [0.4, 0.5) is 4.39 Å². The quantitative estimate of drug-likeness (QED) is 0.766. The minimum absolute atomic E-state index is 0.210. The van der Waals surface area contributed by atoms with E-state index in [1.165, 1.54) is 18.2 Å². The van der Waals surface area contributed by atoms with Gasteiger partial charge in [0.15, 0.2) is 0 Å². The van der Waals surface area contributed by atoms with Crippen LogP contribution in [0.3, 0.4) is 0 Å². The topological polar surface area (TPSA) is 68.2 Å². The van der Waals surface area contributed by atoms with Gasteiger partial charge in [-0.15, -0.1) is 0 Å². The monoisotopic (exact) mass is 304 g/mol. The number of rotatable bonds is 1. The summed E-state index contributed by atoms with van der Waals surface area (Å²) in [7, 11) is 1.74. The molecule has 22 heavy (non-hydrogen) atoms. The number of amides is 1. The van der Waals surface area contributed by atoms with E-state index in [1.807, 2.05) is 5.01 Å².